The molecule has 0 aromatic heterocycles. The lowest BCUT2D eigenvalue weighted by Gasteiger charge is -2.20. The molecule has 0 saturated carbocycles. The van der Waals surface area contributed by atoms with Crippen LogP contribution in [-0.2, 0) is 9.59 Å². The van der Waals surface area contributed by atoms with Crippen molar-refractivity contribution in [3.8, 4) is 0 Å². The van der Waals surface area contributed by atoms with Crippen molar-refractivity contribution in [2.24, 2.45) is 0 Å². The molecule has 0 bridgehead atoms. The largest absolute Gasteiger partial charge is 0.490 e. The Morgan fingerprint density at radius 1 is 0.810 bits per heavy atom. The molecule has 0 aliphatic carbocycles. The highest BCUT2D eigenvalue weighted by Gasteiger charge is 2.38. The number of carboxylic acids is 2. The number of hydrogen-bond donors (Lipinski definition) is 2. The second-order valence-corrected chi connectivity index (χ2v) is 3.97. The molecule has 0 radical (unpaired) electrons. The SMILES string of the molecule is CN1CCCCC1.O=C(O)C(F)(F)F.O=C(O)C(F)(F)F. The fourth-order valence-corrected chi connectivity index (χ4v) is 1.05. The molecule has 0 unspecified atom stereocenters. The molecule has 11 heteroatoms. The quantitative estimate of drug-likeness (QED) is 0.668. The summed E-state index contributed by atoms with van der Waals surface area (Å²) in [6.45, 7) is 2.64. The van der Waals surface area contributed by atoms with Crippen LogP contribution in [0.1, 0.15) is 19.3 Å². The Balaban J connectivity index is 0. The van der Waals surface area contributed by atoms with Gasteiger partial charge in [0.25, 0.3) is 0 Å². The molecular formula is C10H15F6NO4. The van der Waals surface area contributed by atoms with Crippen LogP contribution in [0, 0.1) is 0 Å². The Morgan fingerprint density at radius 3 is 1.14 bits per heavy atom. The van der Waals surface area contributed by atoms with Crippen molar-refractivity contribution in [1.29, 1.82) is 0 Å². The van der Waals surface area contributed by atoms with E-state index in [-0.39, 0.29) is 0 Å². The summed E-state index contributed by atoms with van der Waals surface area (Å²) < 4.78 is 63.5. The van der Waals surface area contributed by atoms with Crippen LogP contribution in [0.5, 0.6) is 0 Å². The molecule has 1 saturated heterocycles. The summed E-state index contributed by atoms with van der Waals surface area (Å²) >= 11 is 0. The highest BCUT2D eigenvalue weighted by Crippen LogP contribution is 2.13. The predicted molar refractivity (Wildman–Crippen MR) is 58.7 cm³/mol. The van der Waals surface area contributed by atoms with E-state index in [1.54, 1.807) is 0 Å². The van der Waals surface area contributed by atoms with E-state index in [1.165, 1.54) is 32.4 Å². The number of nitrogens with zero attached hydrogens (tertiary/aromatic N) is 1. The van der Waals surface area contributed by atoms with E-state index in [2.05, 4.69) is 11.9 Å². The van der Waals surface area contributed by atoms with Crippen molar-refractivity contribution in [1.82, 2.24) is 4.90 Å². The first kappa shape index (κ1) is 21.8. The van der Waals surface area contributed by atoms with Gasteiger partial charge in [0.2, 0.25) is 0 Å². The standard InChI is InChI=1S/C6H13N.2C2HF3O2/c1-7-5-3-2-4-6-7;2*3-2(4,5)1(6)7/h2-6H2,1H3;2*(H,6,7). The van der Waals surface area contributed by atoms with E-state index in [0.717, 1.165) is 0 Å². The summed E-state index contributed by atoms with van der Waals surface area (Å²) in [7, 11) is 2.19. The summed E-state index contributed by atoms with van der Waals surface area (Å²) in [6.07, 6.45) is -5.89. The third-order valence-corrected chi connectivity index (χ3v) is 2.06. The second kappa shape index (κ2) is 9.42. The van der Waals surface area contributed by atoms with Gasteiger partial charge < -0.3 is 15.1 Å². The molecular weight excluding hydrogens is 312 g/mol. The van der Waals surface area contributed by atoms with Crippen molar-refractivity contribution in [3.05, 3.63) is 0 Å². The molecule has 1 fully saturated rings. The third kappa shape index (κ3) is 14.7. The first-order valence-electron chi connectivity index (χ1n) is 5.57. The molecule has 0 amide bonds. The summed E-state index contributed by atoms with van der Waals surface area (Å²) in [6, 6.07) is 0. The van der Waals surface area contributed by atoms with Crippen LogP contribution < -0.4 is 0 Å². The topological polar surface area (TPSA) is 77.8 Å². The molecule has 5 nitrogen and oxygen atoms in total. The van der Waals surface area contributed by atoms with Gasteiger partial charge >= 0.3 is 24.3 Å². The predicted octanol–water partition coefficient (Wildman–Crippen LogP) is 2.37. The van der Waals surface area contributed by atoms with Crippen LogP contribution in [0.4, 0.5) is 26.3 Å². The molecule has 21 heavy (non-hydrogen) atoms. The number of carbonyl (C=O) groups is 2. The normalized spacial score (nSPS) is 16.0. The zero-order valence-corrected chi connectivity index (χ0v) is 11.0. The van der Waals surface area contributed by atoms with Gasteiger partial charge in [0.1, 0.15) is 0 Å². The van der Waals surface area contributed by atoms with Crippen molar-refractivity contribution >= 4 is 11.9 Å². The number of alkyl halides is 6. The molecule has 0 atom stereocenters. The van der Waals surface area contributed by atoms with E-state index in [1.807, 2.05) is 0 Å². The average molecular weight is 327 g/mol. The Hall–Kier alpha value is -1.52. The van der Waals surface area contributed by atoms with Gasteiger partial charge in [-0.3, -0.25) is 0 Å². The number of carboxylic acid groups (broad SMARTS) is 2. The molecule has 126 valence electrons. The van der Waals surface area contributed by atoms with Crippen LogP contribution in [-0.4, -0.2) is 59.5 Å². The summed E-state index contributed by atoms with van der Waals surface area (Å²) in [4.78, 5) is 20.2. The van der Waals surface area contributed by atoms with E-state index in [4.69, 9.17) is 19.8 Å². The zero-order valence-electron chi connectivity index (χ0n) is 11.0. The first-order chi connectivity index (χ1) is 9.28. The van der Waals surface area contributed by atoms with Crippen LogP contribution >= 0.6 is 0 Å². The maximum atomic E-state index is 10.6. The van der Waals surface area contributed by atoms with Crippen molar-refractivity contribution in [3.63, 3.8) is 0 Å². The van der Waals surface area contributed by atoms with Gasteiger partial charge in [0.05, 0.1) is 0 Å². The third-order valence-electron chi connectivity index (χ3n) is 2.06. The van der Waals surface area contributed by atoms with Crippen LogP contribution in [0.15, 0.2) is 0 Å². The Bertz CT molecular complexity index is 298. The Kier molecular flexibility index (Phi) is 9.77. The average Bonchev–Trinajstić information content (AvgIpc) is 2.28. The number of likely N-dealkylation sites (tertiary alicyclic amines) is 1. The lowest BCUT2D eigenvalue weighted by atomic mass is 10.1. The lowest BCUT2D eigenvalue weighted by molar-refractivity contribution is -0.193. The summed E-state index contributed by atoms with van der Waals surface area (Å²) in [5, 5.41) is 14.2. The molecule has 1 aliphatic rings. The number of aliphatic carboxylic acids is 2. The van der Waals surface area contributed by atoms with Gasteiger partial charge in [-0.2, -0.15) is 26.3 Å². The number of hydrogen-bond acceptors (Lipinski definition) is 3. The van der Waals surface area contributed by atoms with E-state index in [0.29, 0.717) is 0 Å². The molecule has 2 N–H and O–H groups in total. The van der Waals surface area contributed by atoms with Gasteiger partial charge in [0.15, 0.2) is 0 Å². The number of rotatable bonds is 0. The smallest absolute Gasteiger partial charge is 0.475 e. The van der Waals surface area contributed by atoms with Crippen molar-refractivity contribution in [2.75, 3.05) is 20.1 Å². The van der Waals surface area contributed by atoms with Crippen LogP contribution in [0.2, 0.25) is 0 Å². The van der Waals surface area contributed by atoms with Crippen molar-refractivity contribution in [2.45, 2.75) is 31.6 Å². The first-order valence-corrected chi connectivity index (χ1v) is 5.57. The van der Waals surface area contributed by atoms with Crippen LogP contribution in [0.3, 0.4) is 0 Å². The van der Waals surface area contributed by atoms with Gasteiger partial charge in [-0.15, -0.1) is 0 Å². The number of halogens is 6. The van der Waals surface area contributed by atoms with Gasteiger partial charge in [-0.25, -0.2) is 9.59 Å². The second-order valence-electron chi connectivity index (χ2n) is 3.97. The van der Waals surface area contributed by atoms with E-state index < -0.39 is 24.3 Å². The highest BCUT2D eigenvalue weighted by atomic mass is 19.4. The van der Waals surface area contributed by atoms with Gasteiger partial charge in [-0.05, 0) is 33.0 Å². The monoisotopic (exact) mass is 327 g/mol. The number of piperidine rings is 1. The fraction of sp³-hybridized carbons (Fsp3) is 0.800. The van der Waals surface area contributed by atoms with E-state index in [9.17, 15) is 26.3 Å². The van der Waals surface area contributed by atoms with Crippen molar-refractivity contribution < 1.29 is 46.1 Å². The van der Waals surface area contributed by atoms with Crippen LogP contribution in [0.25, 0.3) is 0 Å². The maximum Gasteiger partial charge on any atom is 0.490 e. The minimum Gasteiger partial charge on any atom is -0.475 e. The Labute approximate surface area is 116 Å². The minimum absolute atomic E-state index is 1.32. The maximum absolute atomic E-state index is 10.6. The Morgan fingerprint density at radius 2 is 1.05 bits per heavy atom. The zero-order chi connectivity index (χ0) is 17.3. The van der Waals surface area contributed by atoms with Gasteiger partial charge in [-0.1, -0.05) is 6.42 Å². The fourth-order valence-electron chi connectivity index (χ4n) is 1.05. The molecule has 0 aromatic rings. The molecule has 1 rings (SSSR count). The van der Waals surface area contributed by atoms with E-state index >= 15 is 0 Å². The lowest BCUT2D eigenvalue weighted by Crippen LogP contribution is -2.24. The minimum atomic E-state index is -5.08. The molecule has 1 aliphatic heterocycles. The van der Waals surface area contributed by atoms with Gasteiger partial charge in [0, 0.05) is 0 Å². The molecule has 1 heterocycles. The summed E-state index contributed by atoms with van der Waals surface area (Å²) in [5.74, 6) is -5.51. The highest BCUT2D eigenvalue weighted by molar-refractivity contribution is 5.73. The molecule has 0 spiro atoms. The summed E-state index contributed by atoms with van der Waals surface area (Å²) in [5.41, 5.74) is 0. The molecule has 0 aromatic carbocycles.